The SMILES string of the molecule is CNC(=O)C(CCC=O)N(C)C(=O)c1cccc(NCCOCCOCCOCCOCCOc2ccc(-c3ccc4c(c3)[nH]c3ccncc34)cc2)c1C=O. The van der Waals surface area contributed by atoms with Gasteiger partial charge in [-0.1, -0.05) is 30.3 Å². The van der Waals surface area contributed by atoms with Crippen LogP contribution in [0.2, 0.25) is 0 Å². The van der Waals surface area contributed by atoms with Crippen molar-refractivity contribution in [2.24, 2.45) is 0 Å². The van der Waals surface area contributed by atoms with Crippen molar-refractivity contribution in [1.82, 2.24) is 20.2 Å². The summed E-state index contributed by atoms with van der Waals surface area (Å²) < 4.78 is 28.2. The van der Waals surface area contributed by atoms with Crippen molar-refractivity contribution in [3.05, 3.63) is 90.3 Å². The second-order valence-corrected chi connectivity index (χ2v) is 12.7. The van der Waals surface area contributed by atoms with Gasteiger partial charge in [-0.3, -0.25) is 19.4 Å². The summed E-state index contributed by atoms with van der Waals surface area (Å²) in [6.45, 7) is 4.10. The molecule has 2 amide bonds. The van der Waals surface area contributed by atoms with Gasteiger partial charge in [0, 0.05) is 66.9 Å². The summed E-state index contributed by atoms with van der Waals surface area (Å²) in [4.78, 5) is 57.4. The summed E-state index contributed by atoms with van der Waals surface area (Å²) in [5.41, 5.74) is 5.17. The quantitative estimate of drug-likeness (QED) is 0.0545. The van der Waals surface area contributed by atoms with Crippen molar-refractivity contribution in [2.45, 2.75) is 18.9 Å². The molecular formula is C42H49N5O9. The van der Waals surface area contributed by atoms with E-state index in [0.29, 0.717) is 84.3 Å². The number of benzene rings is 3. The van der Waals surface area contributed by atoms with E-state index < -0.39 is 17.9 Å². The van der Waals surface area contributed by atoms with Gasteiger partial charge in [-0.25, -0.2) is 0 Å². The minimum Gasteiger partial charge on any atom is -0.491 e. The molecule has 0 aliphatic carbocycles. The number of rotatable bonds is 25. The minimum atomic E-state index is -0.850. The molecular weight excluding hydrogens is 718 g/mol. The zero-order valence-corrected chi connectivity index (χ0v) is 31.8. The van der Waals surface area contributed by atoms with E-state index in [4.69, 9.17) is 23.7 Å². The summed E-state index contributed by atoms with van der Waals surface area (Å²) in [5, 5.41) is 7.92. The van der Waals surface area contributed by atoms with Crippen LogP contribution in [-0.2, 0) is 28.5 Å². The predicted molar refractivity (Wildman–Crippen MR) is 213 cm³/mol. The van der Waals surface area contributed by atoms with Crippen LogP contribution >= 0.6 is 0 Å². The second kappa shape index (κ2) is 22.0. The fourth-order valence-corrected chi connectivity index (χ4v) is 6.16. The maximum atomic E-state index is 13.3. The van der Waals surface area contributed by atoms with Crippen LogP contribution in [0.25, 0.3) is 32.9 Å². The van der Waals surface area contributed by atoms with E-state index in [2.05, 4.69) is 38.8 Å². The Labute approximate surface area is 325 Å². The van der Waals surface area contributed by atoms with Crippen LogP contribution < -0.4 is 15.4 Å². The number of hydrogen-bond donors (Lipinski definition) is 3. The molecule has 2 heterocycles. The number of hydrogen-bond acceptors (Lipinski definition) is 11. The lowest BCUT2D eigenvalue weighted by Gasteiger charge is -2.27. The fraction of sp³-hybridized carbons (Fsp3) is 0.357. The lowest BCUT2D eigenvalue weighted by Crippen LogP contribution is -2.47. The number of amides is 2. The number of carbonyl (C=O) groups excluding carboxylic acids is 4. The minimum absolute atomic E-state index is 0.118. The number of fused-ring (bicyclic) bond motifs is 3. The lowest BCUT2D eigenvalue weighted by molar-refractivity contribution is -0.125. The van der Waals surface area contributed by atoms with Gasteiger partial charge >= 0.3 is 0 Å². The topological polar surface area (TPSA) is 170 Å². The molecule has 3 aromatic carbocycles. The molecule has 3 N–H and O–H groups in total. The number of pyridine rings is 1. The largest absolute Gasteiger partial charge is 0.491 e. The summed E-state index contributed by atoms with van der Waals surface area (Å²) in [6, 6.07) is 20.4. The number of nitrogens with one attached hydrogen (secondary N) is 3. The first kappa shape index (κ1) is 41.5. The Morgan fingerprint density at radius 1 is 0.804 bits per heavy atom. The van der Waals surface area contributed by atoms with Crippen molar-refractivity contribution in [1.29, 1.82) is 0 Å². The standard InChI is InChI=1S/C42H49N5O9/c1-43-41(50)40(7-4-17-48)47(2)42(51)34-5-3-6-37(36(34)29-49)45-16-18-52-19-20-53-21-22-54-23-24-55-25-26-56-32-11-8-30(9-12-32)31-10-13-33-35-28-44-15-14-38(35)46-39(33)27-31/h3,5-6,8-15,17,27-29,40,45-46H,4,7,16,18-26H2,1-2H3,(H,43,50). The molecule has 14 heteroatoms. The number of nitrogens with zero attached hydrogens (tertiary/aromatic N) is 2. The Morgan fingerprint density at radius 2 is 1.48 bits per heavy atom. The van der Waals surface area contributed by atoms with Crippen LogP contribution in [0.1, 0.15) is 33.6 Å². The Morgan fingerprint density at radius 3 is 2.16 bits per heavy atom. The highest BCUT2D eigenvalue weighted by molar-refractivity contribution is 6.08. The van der Waals surface area contributed by atoms with E-state index >= 15 is 0 Å². The number of H-pyrrole nitrogens is 1. The average molecular weight is 768 g/mol. The molecule has 0 aliphatic rings. The molecule has 1 unspecified atom stereocenters. The van der Waals surface area contributed by atoms with Gasteiger partial charge in [0.2, 0.25) is 5.91 Å². The first-order chi connectivity index (χ1) is 27.4. The van der Waals surface area contributed by atoms with E-state index in [1.54, 1.807) is 18.3 Å². The molecule has 0 bridgehead atoms. The third-order valence-electron chi connectivity index (χ3n) is 9.11. The van der Waals surface area contributed by atoms with E-state index in [1.165, 1.54) is 25.1 Å². The monoisotopic (exact) mass is 767 g/mol. The molecule has 56 heavy (non-hydrogen) atoms. The molecule has 14 nitrogen and oxygen atoms in total. The van der Waals surface area contributed by atoms with Crippen LogP contribution in [0.3, 0.4) is 0 Å². The number of likely N-dealkylation sites (N-methyl/N-ethyl adjacent to an activating group) is 2. The molecule has 5 rings (SSSR count). The molecule has 0 saturated carbocycles. The highest BCUT2D eigenvalue weighted by Gasteiger charge is 2.28. The summed E-state index contributed by atoms with van der Waals surface area (Å²) >= 11 is 0. The third-order valence-corrected chi connectivity index (χ3v) is 9.11. The van der Waals surface area contributed by atoms with Crippen LogP contribution in [0.5, 0.6) is 5.75 Å². The number of carbonyl (C=O) groups is 4. The second-order valence-electron chi connectivity index (χ2n) is 12.7. The molecule has 296 valence electrons. The van der Waals surface area contributed by atoms with Gasteiger partial charge in [-0.05, 0) is 53.9 Å². The van der Waals surface area contributed by atoms with Gasteiger partial charge in [-0.15, -0.1) is 0 Å². The Balaban J connectivity index is 0.876. The van der Waals surface area contributed by atoms with E-state index in [0.717, 1.165) is 38.7 Å². The van der Waals surface area contributed by atoms with Crippen LogP contribution in [-0.4, -0.2) is 125 Å². The molecule has 5 aromatic rings. The van der Waals surface area contributed by atoms with Gasteiger partial charge in [0.15, 0.2) is 6.29 Å². The van der Waals surface area contributed by atoms with Gasteiger partial charge in [0.05, 0.1) is 64.0 Å². The maximum Gasteiger partial charge on any atom is 0.255 e. The van der Waals surface area contributed by atoms with E-state index in [9.17, 15) is 19.2 Å². The number of aldehydes is 2. The van der Waals surface area contributed by atoms with Gasteiger partial charge in [0.1, 0.15) is 24.7 Å². The van der Waals surface area contributed by atoms with Crippen molar-refractivity contribution in [3.8, 4) is 16.9 Å². The number of aromatic nitrogens is 2. The number of anilines is 1. The first-order valence-electron chi connectivity index (χ1n) is 18.6. The molecule has 2 aromatic heterocycles. The van der Waals surface area contributed by atoms with Gasteiger partial charge in [-0.2, -0.15) is 0 Å². The van der Waals surface area contributed by atoms with Gasteiger partial charge < -0.3 is 49.0 Å². The highest BCUT2D eigenvalue weighted by atomic mass is 16.6. The summed E-state index contributed by atoms with van der Waals surface area (Å²) in [6.07, 6.45) is 5.27. The Hall–Kier alpha value is -5.67. The van der Waals surface area contributed by atoms with E-state index in [-0.39, 0.29) is 24.0 Å². The number of ether oxygens (including phenoxy) is 5. The molecule has 0 aliphatic heterocycles. The highest BCUT2D eigenvalue weighted by Crippen LogP contribution is 2.30. The van der Waals surface area contributed by atoms with Crippen molar-refractivity contribution >= 4 is 51.9 Å². The van der Waals surface area contributed by atoms with Crippen LogP contribution in [0.15, 0.2) is 79.1 Å². The van der Waals surface area contributed by atoms with Crippen LogP contribution in [0, 0.1) is 0 Å². The van der Waals surface area contributed by atoms with Gasteiger partial charge in [0.25, 0.3) is 5.91 Å². The van der Waals surface area contributed by atoms with Crippen molar-refractivity contribution in [3.63, 3.8) is 0 Å². The van der Waals surface area contributed by atoms with Crippen molar-refractivity contribution < 1.29 is 42.9 Å². The lowest BCUT2D eigenvalue weighted by atomic mass is 10.0. The molecule has 0 saturated heterocycles. The predicted octanol–water partition coefficient (Wildman–Crippen LogP) is 4.92. The number of aromatic amines is 1. The zero-order valence-electron chi connectivity index (χ0n) is 31.8. The molecule has 1 atom stereocenters. The first-order valence-corrected chi connectivity index (χ1v) is 18.6. The molecule has 0 radical (unpaired) electrons. The Bertz CT molecular complexity index is 2030. The maximum absolute atomic E-state index is 13.3. The summed E-state index contributed by atoms with van der Waals surface area (Å²) in [5.74, 6) is -0.115. The van der Waals surface area contributed by atoms with E-state index in [1.807, 2.05) is 36.5 Å². The molecule has 0 fully saturated rings. The zero-order chi connectivity index (χ0) is 39.5. The van der Waals surface area contributed by atoms with Crippen LogP contribution in [0.4, 0.5) is 5.69 Å². The van der Waals surface area contributed by atoms with Crippen molar-refractivity contribution in [2.75, 3.05) is 85.4 Å². The fourth-order valence-electron chi connectivity index (χ4n) is 6.16. The smallest absolute Gasteiger partial charge is 0.255 e. The normalized spacial score (nSPS) is 11.7. The molecule has 0 spiro atoms. The Kier molecular flexibility index (Phi) is 16.3. The summed E-state index contributed by atoms with van der Waals surface area (Å²) in [7, 11) is 2.94. The third kappa shape index (κ3) is 11.4. The average Bonchev–Trinajstić information content (AvgIpc) is 3.61.